The van der Waals surface area contributed by atoms with E-state index in [9.17, 15) is 4.79 Å². The third-order valence-corrected chi connectivity index (χ3v) is 3.18. The van der Waals surface area contributed by atoms with Crippen molar-refractivity contribution in [3.63, 3.8) is 0 Å². The minimum Gasteiger partial charge on any atom is -0.338 e. The molecule has 0 spiro atoms. The predicted molar refractivity (Wildman–Crippen MR) is 66.4 cm³/mol. The Balaban J connectivity index is 2.47. The van der Waals surface area contributed by atoms with Crippen LogP contribution >= 0.6 is 0 Å². The molecule has 1 aliphatic heterocycles. The first kappa shape index (κ1) is 13.5. The number of amides is 1. The van der Waals surface area contributed by atoms with E-state index in [0.717, 1.165) is 32.7 Å². The van der Waals surface area contributed by atoms with Crippen LogP contribution in [0.5, 0.6) is 0 Å². The summed E-state index contributed by atoms with van der Waals surface area (Å²) in [6.45, 7) is 13.5. The molecule has 0 aromatic heterocycles. The summed E-state index contributed by atoms with van der Waals surface area (Å²) in [6, 6.07) is 0. The van der Waals surface area contributed by atoms with Crippen molar-refractivity contribution in [2.75, 3.05) is 39.3 Å². The van der Waals surface area contributed by atoms with Gasteiger partial charge in [0, 0.05) is 25.2 Å². The van der Waals surface area contributed by atoms with Gasteiger partial charge in [-0.3, -0.25) is 9.69 Å². The molecule has 0 atom stereocenters. The Labute approximate surface area is 99.0 Å². The maximum absolute atomic E-state index is 12.1. The van der Waals surface area contributed by atoms with E-state index in [2.05, 4.69) is 37.9 Å². The smallest absolute Gasteiger partial charge is 0.236 e. The zero-order valence-corrected chi connectivity index (χ0v) is 11.0. The summed E-state index contributed by atoms with van der Waals surface area (Å²) in [5.41, 5.74) is 0.0527. The molecule has 1 amide bonds. The molecular weight excluding hydrogens is 202 g/mol. The van der Waals surface area contributed by atoms with Crippen LogP contribution < -0.4 is 5.32 Å². The van der Waals surface area contributed by atoms with Gasteiger partial charge < -0.3 is 10.2 Å². The third-order valence-electron chi connectivity index (χ3n) is 3.18. The standard InChI is InChI=1S/C12H25N3O/c1-5-14(6-2)9-11(16)15-8-7-13-12(3,4)10-15/h13H,5-10H2,1-4H3. The Morgan fingerprint density at radius 1 is 1.38 bits per heavy atom. The minimum absolute atomic E-state index is 0.0527. The zero-order chi connectivity index (χ0) is 12.2. The summed E-state index contributed by atoms with van der Waals surface area (Å²) < 4.78 is 0. The zero-order valence-electron chi connectivity index (χ0n) is 11.0. The van der Waals surface area contributed by atoms with Crippen molar-refractivity contribution in [3.8, 4) is 0 Å². The minimum atomic E-state index is 0.0527. The van der Waals surface area contributed by atoms with Crippen molar-refractivity contribution in [2.24, 2.45) is 0 Å². The highest BCUT2D eigenvalue weighted by Gasteiger charge is 2.28. The van der Waals surface area contributed by atoms with E-state index >= 15 is 0 Å². The van der Waals surface area contributed by atoms with Crippen molar-refractivity contribution in [2.45, 2.75) is 33.2 Å². The van der Waals surface area contributed by atoms with E-state index in [-0.39, 0.29) is 11.4 Å². The number of carbonyl (C=O) groups is 1. The normalized spacial score (nSPS) is 20.2. The lowest BCUT2D eigenvalue weighted by Crippen LogP contribution is -2.59. The summed E-state index contributed by atoms with van der Waals surface area (Å²) in [7, 11) is 0. The van der Waals surface area contributed by atoms with Gasteiger partial charge in [-0.05, 0) is 26.9 Å². The molecule has 1 rings (SSSR count). The van der Waals surface area contributed by atoms with Crippen LogP contribution in [0, 0.1) is 0 Å². The van der Waals surface area contributed by atoms with Gasteiger partial charge in [-0.2, -0.15) is 0 Å². The number of nitrogens with zero attached hydrogens (tertiary/aromatic N) is 2. The lowest BCUT2D eigenvalue weighted by atomic mass is 10.0. The molecule has 0 bridgehead atoms. The van der Waals surface area contributed by atoms with Crippen molar-refractivity contribution in [3.05, 3.63) is 0 Å². The molecule has 0 unspecified atom stereocenters. The van der Waals surface area contributed by atoms with Gasteiger partial charge in [0.15, 0.2) is 0 Å². The fraction of sp³-hybridized carbons (Fsp3) is 0.917. The average molecular weight is 227 g/mol. The molecule has 1 N–H and O–H groups in total. The number of rotatable bonds is 4. The molecule has 4 nitrogen and oxygen atoms in total. The molecule has 1 heterocycles. The second-order valence-corrected chi connectivity index (χ2v) is 5.09. The summed E-state index contributed by atoms with van der Waals surface area (Å²) >= 11 is 0. The summed E-state index contributed by atoms with van der Waals surface area (Å²) in [5.74, 6) is 0.262. The second kappa shape index (κ2) is 5.64. The largest absolute Gasteiger partial charge is 0.338 e. The molecule has 0 saturated carbocycles. The fourth-order valence-corrected chi connectivity index (χ4v) is 2.09. The van der Waals surface area contributed by atoms with Gasteiger partial charge in [-0.1, -0.05) is 13.8 Å². The van der Waals surface area contributed by atoms with E-state index in [1.54, 1.807) is 0 Å². The first-order valence-electron chi connectivity index (χ1n) is 6.23. The lowest BCUT2D eigenvalue weighted by Gasteiger charge is -2.39. The monoisotopic (exact) mass is 227 g/mol. The van der Waals surface area contributed by atoms with Gasteiger partial charge in [0.2, 0.25) is 5.91 Å². The van der Waals surface area contributed by atoms with Crippen molar-refractivity contribution < 1.29 is 4.79 Å². The number of hydrogen-bond donors (Lipinski definition) is 1. The SMILES string of the molecule is CCN(CC)CC(=O)N1CCNC(C)(C)C1. The van der Waals surface area contributed by atoms with Crippen molar-refractivity contribution in [1.29, 1.82) is 0 Å². The molecule has 4 heteroatoms. The predicted octanol–water partition coefficient (Wildman–Crippen LogP) is 0.539. The maximum atomic E-state index is 12.1. The third kappa shape index (κ3) is 3.76. The van der Waals surface area contributed by atoms with Crippen LogP contribution in [0.15, 0.2) is 0 Å². The Morgan fingerprint density at radius 3 is 2.50 bits per heavy atom. The second-order valence-electron chi connectivity index (χ2n) is 5.09. The Bertz CT molecular complexity index is 236. The molecular formula is C12H25N3O. The number of nitrogens with one attached hydrogen (secondary N) is 1. The molecule has 94 valence electrons. The van der Waals surface area contributed by atoms with Crippen LogP contribution in [0.4, 0.5) is 0 Å². The van der Waals surface area contributed by atoms with Gasteiger partial charge in [0.1, 0.15) is 0 Å². The van der Waals surface area contributed by atoms with Crippen LogP contribution in [0.2, 0.25) is 0 Å². The van der Waals surface area contributed by atoms with Gasteiger partial charge in [-0.15, -0.1) is 0 Å². The summed E-state index contributed by atoms with van der Waals surface area (Å²) in [6.07, 6.45) is 0. The summed E-state index contributed by atoms with van der Waals surface area (Å²) in [4.78, 5) is 16.2. The molecule has 0 aromatic rings. The van der Waals surface area contributed by atoms with Crippen LogP contribution in [0.1, 0.15) is 27.7 Å². The highest BCUT2D eigenvalue weighted by atomic mass is 16.2. The van der Waals surface area contributed by atoms with Gasteiger partial charge >= 0.3 is 0 Å². The van der Waals surface area contributed by atoms with Crippen LogP contribution in [0.3, 0.4) is 0 Å². The van der Waals surface area contributed by atoms with Crippen molar-refractivity contribution in [1.82, 2.24) is 15.1 Å². The van der Waals surface area contributed by atoms with Gasteiger partial charge in [0.25, 0.3) is 0 Å². The Hall–Kier alpha value is -0.610. The van der Waals surface area contributed by atoms with Crippen LogP contribution in [0.25, 0.3) is 0 Å². The van der Waals surface area contributed by atoms with E-state index in [1.165, 1.54) is 0 Å². The fourth-order valence-electron chi connectivity index (χ4n) is 2.09. The maximum Gasteiger partial charge on any atom is 0.236 e. The van der Waals surface area contributed by atoms with Crippen molar-refractivity contribution >= 4 is 5.91 Å². The number of piperazine rings is 1. The topological polar surface area (TPSA) is 35.6 Å². The quantitative estimate of drug-likeness (QED) is 0.761. The molecule has 0 aromatic carbocycles. The van der Waals surface area contributed by atoms with Crippen LogP contribution in [-0.4, -0.2) is 60.5 Å². The van der Waals surface area contributed by atoms with E-state index in [0.29, 0.717) is 6.54 Å². The number of carbonyl (C=O) groups excluding carboxylic acids is 1. The highest BCUT2D eigenvalue weighted by molar-refractivity contribution is 5.78. The van der Waals surface area contributed by atoms with E-state index in [4.69, 9.17) is 0 Å². The number of hydrogen-bond acceptors (Lipinski definition) is 3. The molecule has 1 saturated heterocycles. The highest BCUT2D eigenvalue weighted by Crippen LogP contribution is 2.10. The van der Waals surface area contributed by atoms with Gasteiger partial charge in [-0.25, -0.2) is 0 Å². The Morgan fingerprint density at radius 2 is 2.00 bits per heavy atom. The summed E-state index contributed by atoms with van der Waals surface area (Å²) in [5, 5.41) is 3.42. The molecule has 0 aliphatic carbocycles. The first-order chi connectivity index (χ1) is 7.48. The molecule has 1 aliphatic rings. The van der Waals surface area contributed by atoms with E-state index < -0.39 is 0 Å². The average Bonchev–Trinajstić information content (AvgIpc) is 2.24. The van der Waals surface area contributed by atoms with Gasteiger partial charge in [0.05, 0.1) is 6.54 Å². The Kier molecular flexibility index (Phi) is 4.74. The lowest BCUT2D eigenvalue weighted by molar-refractivity contribution is -0.134. The van der Waals surface area contributed by atoms with Crippen LogP contribution in [-0.2, 0) is 4.79 Å². The number of likely N-dealkylation sites (N-methyl/N-ethyl adjacent to an activating group) is 1. The molecule has 16 heavy (non-hydrogen) atoms. The molecule has 1 fully saturated rings. The van der Waals surface area contributed by atoms with E-state index in [1.807, 2.05) is 4.90 Å². The molecule has 0 radical (unpaired) electrons. The first-order valence-corrected chi connectivity index (χ1v) is 6.23.